The quantitative estimate of drug-likeness (QED) is 0.203. The van der Waals surface area contributed by atoms with E-state index >= 15 is 0 Å². The van der Waals surface area contributed by atoms with Gasteiger partial charge in [0.2, 0.25) is 17.6 Å². The molecule has 3 fully saturated rings. The van der Waals surface area contributed by atoms with Crippen LogP contribution in [0.15, 0.2) is 48.7 Å². The van der Waals surface area contributed by atoms with E-state index in [1.165, 1.54) is 11.1 Å². The number of carbonyl (C=O) groups is 5. The standard InChI is InChI=1S/C38H49N7O6S/c1-37(2,51)31-21-40-43-45(31)23-25-19-30(35(49)42-38(32(46)33(39)47)14-16-52-17-15-38)44(22-25)36(50)29(18-24-8-4-3-5-9-24)41-34(48)28-13-12-26-10-6-7-11-27(26)20-28/h6-7,10-13,20-21,24-25,29-30,51H,3-5,8-9,14-19,22-23H2,1-2H3,(H2,39,47)(H,41,48)(H,42,49)/t25-,29+,30-/m0/s1. The highest BCUT2D eigenvalue weighted by Gasteiger charge is 2.48. The Morgan fingerprint density at radius 3 is 2.42 bits per heavy atom. The third-order valence-corrected chi connectivity index (χ3v) is 11.9. The number of Topliss-reactive ketones (excluding diaryl/α,β-unsaturated/α-hetero) is 1. The summed E-state index contributed by atoms with van der Waals surface area (Å²) in [5, 5.41) is 26.8. The highest BCUT2D eigenvalue weighted by atomic mass is 32.2. The third kappa shape index (κ3) is 8.33. The SMILES string of the molecule is CC(C)(O)c1cnnn1C[C@H]1C[C@@H](C(=O)NC2(C(=O)C(N)=O)CCSCC2)N(C(=O)[C@@H](CC2CCCCC2)NC(=O)c2ccc3ccccc3c2)C1. The minimum absolute atomic E-state index is 0.168. The first-order chi connectivity index (χ1) is 24.8. The van der Waals surface area contributed by atoms with E-state index in [1.807, 2.05) is 36.4 Å². The van der Waals surface area contributed by atoms with Gasteiger partial charge >= 0.3 is 0 Å². The molecule has 3 aromatic rings. The number of carbonyl (C=O) groups excluding carboxylic acids is 5. The van der Waals surface area contributed by atoms with Crippen LogP contribution in [-0.4, -0.2) is 90.1 Å². The van der Waals surface area contributed by atoms with Crippen molar-refractivity contribution in [2.24, 2.45) is 17.6 Å². The Labute approximate surface area is 307 Å². The average Bonchev–Trinajstić information content (AvgIpc) is 3.79. The topological polar surface area (TPSA) is 190 Å². The van der Waals surface area contributed by atoms with Crippen molar-refractivity contribution < 1.29 is 29.1 Å². The van der Waals surface area contributed by atoms with Gasteiger partial charge in [-0.25, -0.2) is 4.68 Å². The van der Waals surface area contributed by atoms with Crippen LogP contribution in [-0.2, 0) is 31.3 Å². The van der Waals surface area contributed by atoms with Gasteiger partial charge in [-0.3, -0.25) is 24.0 Å². The number of ketones is 1. The van der Waals surface area contributed by atoms with Crippen molar-refractivity contribution in [1.29, 1.82) is 0 Å². The first-order valence-corrected chi connectivity index (χ1v) is 19.5. The lowest BCUT2D eigenvalue weighted by Gasteiger charge is -2.37. The molecule has 13 nitrogen and oxygen atoms in total. The Hall–Kier alpha value is -4.30. The lowest BCUT2D eigenvalue weighted by Crippen LogP contribution is -2.63. The molecule has 0 bridgehead atoms. The van der Waals surface area contributed by atoms with E-state index in [1.54, 1.807) is 36.4 Å². The molecular weight excluding hydrogens is 683 g/mol. The predicted octanol–water partition coefficient (Wildman–Crippen LogP) is 3.08. The van der Waals surface area contributed by atoms with E-state index in [4.69, 9.17) is 5.73 Å². The lowest BCUT2D eigenvalue weighted by atomic mass is 9.84. The van der Waals surface area contributed by atoms with Crippen LogP contribution in [0.2, 0.25) is 0 Å². The fourth-order valence-electron chi connectivity index (χ4n) is 8.09. The summed E-state index contributed by atoms with van der Waals surface area (Å²) in [5.74, 6) is -2.18. The van der Waals surface area contributed by atoms with Crippen molar-refractivity contribution in [1.82, 2.24) is 30.5 Å². The molecule has 2 saturated heterocycles. The summed E-state index contributed by atoms with van der Waals surface area (Å²) >= 11 is 1.63. The average molecular weight is 732 g/mol. The van der Waals surface area contributed by atoms with Gasteiger partial charge in [0.25, 0.3) is 11.8 Å². The highest BCUT2D eigenvalue weighted by Crippen LogP contribution is 2.33. The molecule has 5 N–H and O–H groups in total. The Balaban J connectivity index is 1.30. The number of likely N-dealkylation sites (tertiary alicyclic amines) is 1. The first-order valence-electron chi connectivity index (χ1n) is 18.3. The van der Waals surface area contributed by atoms with Gasteiger partial charge in [-0.2, -0.15) is 11.8 Å². The first kappa shape index (κ1) is 37.5. The van der Waals surface area contributed by atoms with Crippen LogP contribution in [0, 0.1) is 11.8 Å². The van der Waals surface area contributed by atoms with Gasteiger partial charge in [-0.1, -0.05) is 67.6 Å². The molecule has 6 rings (SSSR count). The fourth-order valence-corrected chi connectivity index (χ4v) is 9.28. The molecule has 3 heterocycles. The van der Waals surface area contributed by atoms with Gasteiger partial charge in [0.05, 0.1) is 11.9 Å². The van der Waals surface area contributed by atoms with E-state index < -0.39 is 40.8 Å². The van der Waals surface area contributed by atoms with Crippen molar-refractivity contribution in [2.75, 3.05) is 18.1 Å². The molecular formula is C38H49N7O6S. The zero-order valence-corrected chi connectivity index (χ0v) is 30.7. The highest BCUT2D eigenvalue weighted by molar-refractivity contribution is 7.99. The number of thioether (sulfide) groups is 1. The van der Waals surface area contributed by atoms with Crippen molar-refractivity contribution >= 4 is 51.9 Å². The number of aliphatic hydroxyl groups is 1. The molecule has 3 aliphatic rings. The number of aromatic nitrogens is 3. The predicted molar refractivity (Wildman–Crippen MR) is 197 cm³/mol. The monoisotopic (exact) mass is 731 g/mol. The molecule has 1 saturated carbocycles. The number of benzene rings is 2. The van der Waals surface area contributed by atoms with E-state index in [0.29, 0.717) is 29.2 Å². The largest absolute Gasteiger partial charge is 0.384 e. The molecule has 2 aliphatic heterocycles. The fraction of sp³-hybridized carbons (Fsp3) is 0.553. The van der Waals surface area contributed by atoms with E-state index in [9.17, 15) is 29.1 Å². The summed E-state index contributed by atoms with van der Waals surface area (Å²) in [6.45, 7) is 3.71. The summed E-state index contributed by atoms with van der Waals surface area (Å²) < 4.78 is 1.59. The van der Waals surface area contributed by atoms with E-state index in [0.717, 1.165) is 42.9 Å². The summed E-state index contributed by atoms with van der Waals surface area (Å²) in [6.07, 6.45) is 7.78. The maximum atomic E-state index is 14.8. The van der Waals surface area contributed by atoms with Gasteiger partial charge in [-0.15, -0.1) is 5.10 Å². The van der Waals surface area contributed by atoms with Gasteiger partial charge in [0.1, 0.15) is 23.2 Å². The van der Waals surface area contributed by atoms with Crippen LogP contribution >= 0.6 is 11.8 Å². The number of rotatable bonds is 12. The van der Waals surface area contributed by atoms with Crippen LogP contribution in [0.25, 0.3) is 10.8 Å². The number of nitrogens with one attached hydrogen (secondary N) is 2. The molecule has 0 spiro atoms. The second-order valence-electron chi connectivity index (χ2n) is 15.2. The van der Waals surface area contributed by atoms with Crippen molar-refractivity contribution in [3.8, 4) is 0 Å². The molecule has 3 atom stereocenters. The molecule has 4 amide bonds. The Morgan fingerprint density at radius 1 is 1.02 bits per heavy atom. The Morgan fingerprint density at radius 2 is 1.73 bits per heavy atom. The second-order valence-corrected chi connectivity index (χ2v) is 16.4. The number of nitrogens with zero attached hydrogens (tertiary/aromatic N) is 4. The summed E-state index contributed by atoms with van der Waals surface area (Å²) in [6, 6.07) is 11.3. The molecule has 2 aromatic carbocycles. The number of nitrogens with two attached hydrogens (primary N) is 1. The molecule has 52 heavy (non-hydrogen) atoms. The number of hydrogen-bond acceptors (Lipinski definition) is 9. The van der Waals surface area contributed by atoms with E-state index in [-0.39, 0.29) is 56.0 Å². The maximum absolute atomic E-state index is 14.8. The van der Waals surface area contributed by atoms with Crippen LogP contribution in [0.5, 0.6) is 0 Å². The van der Waals surface area contributed by atoms with Crippen molar-refractivity contribution in [3.63, 3.8) is 0 Å². The summed E-state index contributed by atoms with van der Waals surface area (Å²) in [5.41, 5.74) is 3.71. The molecule has 1 aliphatic carbocycles. The molecule has 278 valence electrons. The van der Waals surface area contributed by atoms with Crippen molar-refractivity contribution in [3.05, 3.63) is 59.9 Å². The zero-order valence-electron chi connectivity index (χ0n) is 29.9. The van der Waals surface area contributed by atoms with Crippen LogP contribution < -0.4 is 16.4 Å². The van der Waals surface area contributed by atoms with Gasteiger partial charge < -0.3 is 26.4 Å². The minimum Gasteiger partial charge on any atom is -0.384 e. The number of primary amides is 1. The van der Waals surface area contributed by atoms with Gasteiger partial charge in [-0.05, 0) is 85.8 Å². The second kappa shape index (κ2) is 15.7. The van der Waals surface area contributed by atoms with Crippen molar-refractivity contribution in [2.45, 2.75) is 101 Å². The lowest BCUT2D eigenvalue weighted by molar-refractivity contribution is -0.145. The Kier molecular flexibility index (Phi) is 11.3. The number of fused-ring (bicyclic) bond motifs is 1. The van der Waals surface area contributed by atoms with Gasteiger partial charge in [0, 0.05) is 18.7 Å². The minimum atomic E-state index is -1.45. The summed E-state index contributed by atoms with van der Waals surface area (Å²) in [4.78, 5) is 69.9. The van der Waals surface area contributed by atoms with Gasteiger partial charge in [0.15, 0.2) is 0 Å². The van der Waals surface area contributed by atoms with Crippen LogP contribution in [0.1, 0.15) is 87.7 Å². The Bertz CT molecular complexity index is 1810. The zero-order chi connectivity index (χ0) is 37.0. The third-order valence-electron chi connectivity index (χ3n) is 10.9. The molecule has 0 radical (unpaired) electrons. The normalized spacial score (nSPS) is 21.4. The number of hydrogen-bond donors (Lipinski definition) is 4. The smallest absolute Gasteiger partial charge is 0.287 e. The van der Waals surface area contributed by atoms with Crippen LogP contribution in [0.4, 0.5) is 0 Å². The summed E-state index contributed by atoms with van der Waals surface area (Å²) in [7, 11) is 0. The van der Waals surface area contributed by atoms with Crippen LogP contribution in [0.3, 0.4) is 0 Å². The molecule has 14 heteroatoms. The molecule has 0 unspecified atom stereocenters. The number of amides is 4. The maximum Gasteiger partial charge on any atom is 0.287 e. The molecule has 1 aromatic heterocycles. The van der Waals surface area contributed by atoms with E-state index in [2.05, 4.69) is 20.9 Å².